The van der Waals surface area contributed by atoms with Crippen LogP contribution in [0.4, 0.5) is 0 Å². The number of hydrogen-bond donors (Lipinski definition) is 2. The molecule has 0 radical (unpaired) electrons. The van der Waals surface area contributed by atoms with Crippen LogP contribution in [0.3, 0.4) is 0 Å². The van der Waals surface area contributed by atoms with Crippen molar-refractivity contribution in [2.24, 2.45) is 0 Å². The molecule has 1 aromatic carbocycles. The fraction of sp³-hybridized carbons (Fsp3) is 0. The predicted octanol–water partition coefficient (Wildman–Crippen LogP) is 3.06. The summed E-state index contributed by atoms with van der Waals surface area (Å²) < 4.78 is 0. The molecule has 0 bridgehead atoms. The van der Waals surface area contributed by atoms with Gasteiger partial charge in [-0.2, -0.15) is 0 Å². The number of para-hydroxylation sites is 1. The highest BCUT2D eigenvalue weighted by atomic mass is 14.9. The van der Waals surface area contributed by atoms with Crippen LogP contribution < -0.4 is 0 Å². The average Bonchev–Trinajstić information content (AvgIpc) is 3.04. The number of fused-ring (bicyclic) bond motifs is 2. The number of nitrogens with one attached hydrogen (secondary N) is 2. The van der Waals surface area contributed by atoms with Gasteiger partial charge in [0.25, 0.3) is 0 Å². The summed E-state index contributed by atoms with van der Waals surface area (Å²) in [4.78, 5) is 15.2. The van der Waals surface area contributed by atoms with E-state index in [9.17, 15) is 0 Å². The summed E-state index contributed by atoms with van der Waals surface area (Å²) >= 11 is 0. The molecule has 2 aliphatic heterocycles. The summed E-state index contributed by atoms with van der Waals surface area (Å²) in [5.74, 6) is 0.745. The van der Waals surface area contributed by atoms with Crippen LogP contribution in [0.2, 0.25) is 0 Å². The summed E-state index contributed by atoms with van der Waals surface area (Å²) in [6.07, 6.45) is 3.56. The lowest BCUT2D eigenvalue weighted by Gasteiger charge is -2.01. The lowest BCUT2D eigenvalue weighted by Crippen LogP contribution is -1.91. The van der Waals surface area contributed by atoms with Crippen LogP contribution in [0.5, 0.6) is 0 Å². The van der Waals surface area contributed by atoms with E-state index < -0.39 is 0 Å². The Morgan fingerprint density at radius 3 is 2.72 bits per heavy atom. The molecule has 2 aliphatic rings. The molecule has 2 N–H and O–H groups in total. The molecular formula is C14H10N4. The molecule has 0 unspecified atom stereocenters. The maximum Gasteiger partial charge on any atom is 0.176 e. The first-order valence-corrected chi connectivity index (χ1v) is 5.78. The Morgan fingerprint density at radius 1 is 0.833 bits per heavy atom. The normalized spacial score (nSPS) is 11.3. The minimum absolute atomic E-state index is 0.745. The number of nitrogens with zero attached hydrogens (tertiary/aromatic N) is 2. The van der Waals surface area contributed by atoms with E-state index in [1.807, 2.05) is 18.2 Å². The van der Waals surface area contributed by atoms with E-state index in [-0.39, 0.29) is 0 Å². The molecule has 0 spiro atoms. The molecule has 0 fully saturated rings. The Kier molecular flexibility index (Phi) is 1.80. The first-order valence-electron chi connectivity index (χ1n) is 5.78. The molecule has 4 heteroatoms. The van der Waals surface area contributed by atoms with E-state index in [0.29, 0.717) is 0 Å². The van der Waals surface area contributed by atoms with E-state index >= 15 is 0 Å². The minimum Gasteiger partial charge on any atom is -0.353 e. The molecule has 0 aliphatic carbocycles. The van der Waals surface area contributed by atoms with E-state index in [4.69, 9.17) is 0 Å². The number of aromatic amines is 2. The standard InChI is InChI=1S/C14H10N4/c1-2-4-10-9(3-1)7-12(17-10)13-8-16-14-11(18-13)5-6-15-14/h1-8,17-18H. The van der Waals surface area contributed by atoms with Crippen LogP contribution in [0.25, 0.3) is 33.8 Å². The van der Waals surface area contributed by atoms with Gasteiger partial charge in [-0.05, 0) is 18.2 Å². The smallest absolute Gasteiger partial charge is 0.176 e. The van der Waals surface area contributed by atoms with Gasteiger partial charge >= 0.3 is 0 Å². The Hall–Kier alpha value is -2.62. The molecule has 18 heavy (non-hydrogen) atoms. The largest absolute Gasteiger partial charge is 0.353 e. The summed E-state index contributed by atoms with van der Waals surface area (Å²) in [7, 11) is 0. The molecule has 1 aromatic heterocycles. The van der Waals surface area contributed by atoms with Gasteiger partial charge in [0.15, 0.2) is 5.82 Å². The topological polar surface area (TPSA) is 57.4 Å². The number of hydrogen-bond acceptors (Lipinski definition) is 2. The number of H-pyrrole nitrogens is 2. The zero-order valence-electron chi connectivity index (χ0n) is 9.51. The van der Waals surface area contributed by atoms with Crippen molar-refractivity contribution in [1.82, 2.24) is 19.9 Å². The summed E-state index contributed by atoms with van der Waals surface area (Å²) in [5.41, 5.74) is 4.08. The van der Waals surface area contributed by atoms with Crippen LogP contribution in [-0.2, 0) is 0 Å². The second-order valence-corrected chi connectivity index (χ2v) is 4.25. The molecule has 0 atom stereocenters. The third kappa shape index (κ3) is 1.32. The van der Waals surface area contributed by atoms with Crippen molar-refractivity contribution in [2.75, 3.05) is 0 Å². The highest BCUT2D eigenvalue weighted by Crippen LogP contribution is 2.24. The van der Waals surface area contributed by atoms with Crippen molar-refractivity contribution in [3.63, 3.8) is 0 Å². The van der Waals surface area contributed by atoms with Crippen LogP contribution in [-0.4, -0.2) is 19.9 Å². The van der Waals surface area contributed by atoms with Gasteiger partial charge in [-0.25, -0.2) is 9.97 Å². The summed E-state index contributed by atoms with van der Waals surface area (Å²) in [6.45, 7) is 0. The van der Waals surface area contributed by atoms with Crippen molar-refractivity contribution in [3.8, 4) is 22.9 Å². The molecule has 2 aromatic rings. The first kappa shape index (κ1) is 9.41. The van der Waals surface area contributed by atoms with Crippen LogP contribution in [0.1, 0.15) is 0 Å². The Bertz CT molecular complexity index is 763. The Morgan fingerprint density at radius 2 is 1.78 bits per heavy atom. The van der Waals surface area contributed by atoms with Crippen molar-refractivity contribution < 1.29 is 0 Å². The highest BCUT2D eigenvalue weighted by Gasteiger charge is 2.09. The Balaban J connectivity index is 1.93. The average molecular weight is 234 g/mol. The molecule has 0 amide bonds. The number of benzene rings is 1. The zero-order chi connectivity index (χ0) is 11.9. The second kappa shape index (κ2) is 3.43. The van der Waals surface area contributed by atoms with Gasteiger partial charge in [0.05, 0.1) is 23.3 Å². The maximum atomic E-state index is 4.33. The third-order valence-electron chi connectivity index (χ3n) is 3.08. The molecule has 86 valence electrons. The molecule has 0 saturated heterocycles. The minimum atomic E-state index is 0.745. The van der Waals surface area contributed by atoms with E-state index in [1.165, 1.54) is 5.39 Å². The van der Waals surface area contributed by atoms with E-state index in [2.05, 4.69) is 38.1 Å². The lowest BCUT2D eigenvalue weighted by molar-refractivity contribution is 1.15. The van der Waals surface area contributed by atoms with Gasteiger partial charge in [0.2, 0.25) is 0 Å². The fourth-order valence-electron chi connectivity index (χ4n) is 2.19. The van der Waals surface area contributed by atoms with Crippen molar-refractivity contribution >= 4 is 10.9 Å². The maximum absolute atomic E-state index is 4.33. The molecule has 4 nitrogen and oxygen atoms in total. The third-order valence-corrected chi connectivity index (χ3v) is 3.08. The van der Waals surface area contributed by atoms with Gasteiger partial charge in [-0.1, -0.05) is 18.2 Å². The molecule has 0 saturated carbocycles. The molecular weight excluding hydrogens is 224 g/mol. The van der Waals surface area contributed by atoms with Crippen LogP contribution in [0.15, 0.2) is 48.8 Å². The molecule has 4 rings (SSSR count). The van der Waals surface area contributed by atoms with Crippen molar-refractivity contribution in [1.29, 1.82) is 0 Å². The predicted molar refractivity (Wildman–Crippen MR) is 70.3 cm³/mol. The SMILES string of the molecule is c1ccc2[nH]c(-c3cnc4nccc-4[nH]3)cc2c1. The highest BCUT2D eigenvalue weighted by molar-refractivity contribution is 5.85. The van der Waals surface area contributed by atoms with E-state index in [1.54, 1.807) is 12.4 Å². The van der Waals surface area contributed by atoms with Gasteiger partial charge in [0, 0.05) is 17.1 Å². The van der Waals surface area contributed by atoms with Gasteiger partial charge in [0.1, 0.15) is 0 Å². The van der Waals surface area contributed by atoms with Gasteiger partial charge in [-0.15, -0.1) is 0 Å². The quantitative estimate of drug-likeness (QED) is 0.531. The number of aromatic nitrogens is 4. The lowest BCUT2D eigenvalue weighted by atomic mass is 10.2. The van der Waals surface area contributed by atoms with Gasteiger partial charge in [-0.3, -0.25) is 0 Å². The monoisotopic (exact) mass is 234 g/mol. The van der Waals surface area contributed by atoms with Crippen molar-refractivity contribution in [3.05, 3.63) is 48.8 Å². The van der Waals surface area contributed by atoms with Crippen molar-refractivity contribution in [2.45, 2.75) is 0 Å². The second-order valence-electron chi connectivity index (χ2n) is 4.25. The van der Waals surface area contributed by atoms with Crippen LogP contribution >= 0.6 is 0 Å². The summed E-state index contributed by atoms with van der Waals surface area (Å²) in [6, 6.07) is 12.3. The molecule has 3 heterocycles. The van der Waals surface area contributed by atoms with E-state index in [0.717, 1.165) is 28.4 Å². The van der Waals surface area contributed by atoms with Gasteiger partial charge < -0.3 is 9.97 Å². The Labute approximate surface area is 103 Å². The fourth-order valence-corrected chi connectivity index (χ4v) is 2.19. The van der Waals surface area contributed by atoms with Crippen LogP contribution in [0, 0.1) is 0 Å². The number of rotatable bonds is 1. The summed E-state index contributed by atoms with van der Waals surface area (Å²) in [5, 5.41) is 1.20. The zero-order valence-corrected chi connectivity index (χ0v) is 9.51. The first-order chi connectivity index (χ1) is 8.90.